The molecule has 4 heterocycles. The lowest BCUT2D eigenvalue weighted by atomic mass is 9.38. The lowest BCUT2D eigenvalue weighted by molar-refractivity contribution is -0.375. The van der Waals surface area contributed by atoms with E-state index in [2.05, 4.69) is 47.6 Å². The van der Waals surface area contributed by atoms with Crippen LogP contribution in [0.3, 0.4) is 0 Å². The van der Waals surface area contributed by atoms with Crippen LogP contribution in [0.1, 0.15) is 114 Å². The third-order valence-electron chi connectivity index (χ3n) is 20.8. The van der Waals surface area contributed by atoms with E-state index in [9.17, 15) is 76.6 Å². The SMILES string of the molecule is C[C@H](CC[C@@H](O[C@@H]1O[C@H](CO)[C@@H](O)[C@H](O)[C@H]1O[C@@H]1O[C@H](CO)[C@@H](O)[C@H](O)[C@H]1O)C(C)(C)O)C1CC[C@@]2(C)C3CC=C4C(CC[C@H](O[C@@H]5O[C@H](CO)[C@@H](O[C@H]6O[C@H](C)[C@@H](O)[C@H](O)[C@H]6O)[C@H](O)[C@H]5O)C4(C)C)[C@]3(C)[C@H](O)C[C@]12C. The summed E-state index contributed by atoms with van der Waals surface area (Å²) in [6, 6.07) is 0. The maximum absolute atomic E-state index is 12.7. The van der Waals surface area contributed by atoms with Crippen LogP contribution in [-0.2, 0) is 37.9 Å². The smallest absolute Gasteiger partial charge is 0.187 e. The third kappa shape index (κ3) is 10.8. The first-order valence-corrected chi connectivity index (χ1v) is 27.9. The van der Waals surface area contributed by atoms with Crippen LogP contribution in [0.2, 0.25) is 0 Å². The molecule has 4 saturated heterocycles. The van der Waals surface area contributed by atoms with Crippen molar-refractivity contribution in [1.82, 2.24) is 0 Å². The second-order valence-corrected chi connectivity index (χ2v) is 25.8. The van der Waals surface area contributed by atoms with Gasteiger partial charge in [0, 0.05) is 10.8 Å². The number of hydrogen-bond acceptors (Lipinski definition) is 23. The molecule has 77 heavy (non-hydrogen) atoms. The van der Waals surface area contributed by atoms with Gasteiger partial charge in [-0.1, -0.05) is 53.2 Å². The minimum absolute atomic E-state index is 0.0156. The Morgan fingerprint density at radius 1 is 0.597 bits per heavy atom. The van der Waals surface area contributed by atoms with Crippen molar-refractivity contribution >= 4 is 0 Å². The number of hydrogen-bond donors (Lipinski definition) is 15. The molecule has 30 atom stereocenters. The van der Waals surface area contributed by atoms with Crippen molar-refractivity contribution in [2.75, 3.05) is 19.8 Å². The normalized spacial score (nSPS) is 51.9. The summed E-state index contributed by atoms with van der Waals surface area (Å²) < 4.78 is 47.8. The molecule has 0 aromatic heterocycles. The molecule has 3 unspecified atom stereocenters. The molecule has 0 spiro atoms. The zero-order chi connectivity index (χ0) is 56.8. The Kier molecular flexibility index (Phi) is 18.6. The van der Waals surface area contributed by atoms with Gasteiger partial charge in [0.15, 0.2) is 25.2 Å². The first-order valence-electron chi connectivity index (χ1n) is 27.9. The number of fused-ring (bicyclic) bond motifs is 5. The largest absolute Gasteiger partial charge is 0.394 e. The summed E-state index contributed by atoms with van der Waals surface area (Å²) in [5.74, 6) is 0.288. The molecule has 8 aliphatic rings. The van der Waals surface area contributed by atoms with Crippen molar-refractivity contribution in [2.24, 2.45) is 45.3 Å². The Balaban J connectivity index is 0.943. The topological polar surface area (TPSA) is 377 Å². The second kappa shape index (κ2) is 23.1. The van der Waals surface area contributed by atoms with Crippen LogP contribution in [0.15, 0.2) is 11.6 Å². The monoisotopic (exact) mass is 1110 g/mol. The highest BCUT2D eigenvalue weighted by Gasteiger charge is 2.70. The molecular weight excluding hydrogens is 1020 g/mol. The lowest BCUT2D eigenvalue weighted by Crippen LogP contribution is -2.65. The van der Waals surface area contributed by atoms with Crippen LogP contribution in [0.4, 0.5) is 0 Å². The zero-order valence-electron chi connectivity index (χ0n) is 45.9. The van der Waals surface area contributed by atoms with Gasteiger partial charge >= 0.3 is 0 Å². The van der Waals surface area contributed by atoms with E-state index >= 15 is 0 Å². The molecule has 0 aromatic rings. The molecular formula is C54H92O23. The van der Waals surface area contributed by atoms with Gasteiger partial charge in [-0.05, 0) is 107 Å². The highest BCUT2D eigenvalue weighted by Crippen LogP contribution is 2.75. The Hall–Kier alpha value is -1.18. The molecule has 0 amide bonds. The van der Waals surface area contributed by atoms with E-state index in [4.69, 9.17) is 37.9 Å². The number of ether oxygens (including phenoxy) is 8. The minimum Gasteiger partial charge on any atom is -0.394 e. The minimum atomic E-state index is -1.85. The Bertz CT molecular complexity index is 2010. The van der Waals surface area contributed by atoms with Crippen LogP contribution < -0.4 is 0 Å². The summed E-state index contributed by atoms with van der Waals surface area (Å²) in [5, 5.41) is 162. The Morgan fingerprint density at radius 3 is 1.73 bits per heavy atom. The van der Waals surface area contributed by atoms with Crippen LogP contribution in [-0.4, -0.2) is 243 Å². The fourth-order valence-corrected chi connectivity index (χ4v) is 15.7. The average Bonchev–Trinajstić information content (AvgIpc) is 3.91. The van der Waals surface area contributed by atoms with E-state index in [-0.39, 0.29) is 40.9 Å². The number of rotatable bonds is 16. The van der Waals surface area contributed by atoms with E-state index in [1.54, 1.807) is 13.8 Å². The van der Waals surface area contributed by atoms with Gasteiger partial charge in [0.05, 0.1) is 49.8 Å². The molecule has 3 saturated carbocycles. The van der Waals surface area contributed by atoms with Crippen LogP contribution in [0, 0.1) is 45.3 Å². The van der Waals surface area contributed by atoms with Gasteiger partial charge in [-0.15, -0.1) is 0 Å². The fraction of sp³-hybridized carbons (Fsp3) is 0.963. The summed E-state index contributed by atoms with van der Waals surface area (Å²) in [5.41, 5.74) is -2.03. The van der Waals surface area contributed by atoms with Crippen LogP contribution in [0.25, 0.3) is 0 Å². The van der Waals surface area contributed by atoms with E-state index in [1.807, 2.05) is 0 Å². The van der Waals surface area contributed by atoms with Crippen molar-refractivity contribution in [1.29, 1.82) is 0 Å². The van der Waals surface area contributed by atoms with Gasteiger partial charge in [-0.25, -0.2) is 0 Å². The summed E-state index contributed by atoms with van der Waals surface area (Å²) >= 11 is 0. The molecule has 15 N–H and O–H groups in total. The predicted octanol–water partition coefficient (Wildman–Crippen LogP) is -2.20. The van der Waals surface area contributed by atoms with E-state index in [0.29, 0.717) is 32.1 Å². The molecule has 0 radical (unpaired) electrons. The summed E-state index contributed by atoms with van der Waals surface area (Å²) in [6.07, 6.45) is -25.6. The molecule has 4 aliphatic heterocycles. The van der Waals surface area contributed by atoms with Crippen molar-refractivity contribution in [3.63, 3.8) is 0 Å². The van der Waals surface area contributed by atoms with Gasteiger partial charge in [0.2, 0.25) is 0 Å². The molecule has 8 rings (SSSR count). The van der Waals surface area contributed by atoms with Crippen LogP contribution in [0.5, 0.6) is 0 Å². The predicted molar refractivity (Wildman–Crippen MR) is 266 cm³/mol. The van der Waals surface area contributed by atoms with Crippen molar-refractivity contribution in [3.8, 4) is 0 Å². The van der Waals surface area contributed by atoms with Crippen LogP contribution >= 0.6 is 0 Å². The molecule has 23 nitrogen and oxygen atoms in total. The number of allylic oxidation sites excluding steroid dienone is 1. The fourth-order valence-electron chi connectivity index (χ4n) is 15.7. The maximum Gasteiger partial charge on any atom is 0.187 e. The van der Waals surface area contributed by atoms with E-state index < -0.39 is 177 Å². The van der Waals surface area contributed by atoms with Gasteiger partial charge in [-0.3, -0.25) is 0 Å². The first-order chi connectivity index (χ1) is 35.9. The third-order valence-corrected chi connectivity index (χ3v) is 20.8. The summed E-state index contributed by atoms with van der Waals surface area (Å²) in [6.45, 7) is 15.7. The van der Waals surface area contributed by atoms with Crippen molar-refractivity contribution in [2.45, 2.75) is 260 Å². The summed E-state index contributed by atoms with van der Waals surface area (Å²) in [7, 11) is 0. The quantitative estimate of drug-likeness (QED) is 0.0729. The van der Waals surface area contributed by atoms with E-state index in [0.717, 1.165) is 18.4 Å². The second-order valence-electron chi connectivity index (χ2n) is 25.8. The van der Waals surface area contributed by atoms with Crippen molar-refractivity contribution < 1.29 is 114 Å². The summed E-state index contributed by atoms with van der Waals surface area (Å²) in [4.78, 5) is 0. The number of aliphatic hydroxyl groups excluding tert-OH is 14. The van der Waals surface area contributed by atoms with E-state index in [1.165, 1.54) is 6.92 Å². The highest BCUT2D eigenvalue weighted by atomic mass is 16.8. The molecule has 7 fully saturated rings. The molecule has 0 bridgehead atoms. The first kappa shape index (κ1) is 61.9. The van der Waals surface area contributed by atoms with Gasteiger partial charge < -0.3 is 114 Å². The molecule has 0 aromatic carbocycles. The Labute approximate surface area is 450 Å². The average molecular weight is 1110 g/mol. The molecule has 446 valence electrons. The molecule has 4 aliphatic carbocycles. The lowest BCUT2D eigenvalue weighted by Gasteiger charge is -2.67. The van der Waals surface area contributed by atoms with Crippen molar-refractivity contribution in [3.05, 3.63) is 11.6 Å². The molecule has 23 heteroatoms. The van der Waals surface area contributed by atoms with Gasteiger partial charge in [-0.2, -0.15) is 0 Å². The number of aliphatic hydroxyl groups is 15. The zero-order valence-corrected chi connectivity index (χ0v) is 45.9. The maximum atomic E-state index is 12.7. The Morgan fingerprint density at radius 2 is 1.12 bits per heavy atom. The van der Waals surface area contributed by atoms with Gasteiger partial charge in [0.1, 0.15) is 91.6 Å². The van der Waals surface area contributed by atoms with Gasteiger partial charge in [0.25, 0.3) is 0 Å². The highest BCUT2D eigenvalue weighted by molar-refractivity contribution is 5.32. The standard InChI is InChI=1S/C54H92O23/c1-22(10-14-33(51(5,6)69)75-49-45(39(64)36(61)28(20-56)72-49)77-48-42(67)38(63)35(60)27(19-55)71-48)24-16-17-52(7)30-13-11-25-26(54(30,9)31(58)18-53(24,52)8)12-15-32(50(25,3)4)74-47-43(68)40(65)44(29(21-57)73-47)76-46-41(66)37(62)34(59)23(2)70-46/h11,22-24,26-49,55-69H,10,12-21H2,1-9H3/t22-,23-,24?,26?,27-,28-,29-,30?,31-,32+,33-,34-,35-,36-,37+,38+,39+,40-,41-,42-,43-,44-,45-,46-,47+,48+,49+,52+,53-,54+/m1/s1.